The lowest BCUT2D eigenvalue weighted by atomic mass is 10.3. The Morgan fingerprint density at radius 3 is 3.00 bits per heavy atom. The number of aliphatic imine (C=N–C) groups is 1. The molecule has 68 valence electrons. The third kappa shape index (κ3) is 2.32. The van der Waals surface area contributed by atoms with Gasteiger partial charge in [-0.25, -0.2) is 4.79 Å². The molecule has 1 aromatic rings. The summed E-state index contributed by atoms with van der Waals surface area (Å²) in [6.45, 7) is 2.37. The number of rotatable bonds is 3. The van der Waals surface area contributed by atoms with Crippen molar-refractivity contribution in [1.82, 2.24) is 0 Å². The highest BCUT2D eigenvalue weighted by Gasteiger charge is 2.01. The smallest absolute Gasteiger partial charge is 0.240 e. The Bertz CT molecular complexity index is 343. The van der Waals surface area contributed by atoms with E-state index in [4.69, 9.17) is 4.74 Å². The van der Waals surface area contributed by atoms with Gasteiger partial charge in [0.25, 0.3) is 0 Å². The molecule has 0 bridgehead atoms. The molecule has 13 heavy (non-hydrogen) atoms. The molecule has 0 heterocycles. The van der Waals surface area contributed by atoms with Crippen molar-refractivity contribution in [3.05, 3.63) is 18.2 Å². The van der Waals surface area contributed by atoms with Crippen LogP contribution in [-0.4, -0.2) is 17.8 Å². The van der Waals surface area contributed by atoms with Crippen LogP contribution in [0.5, 0.6) is 11.5 Å². The minimum absolute atomic E-state index is 0.0631. The van der Waals surface area contributed by atoms with E-state index in [1.165, 1.54) is 18.2 Å². The van der Waals surface area contributed by atoms with Crippen LogP contribution in [0.2, 0.25) is 0 Å². The molecule has 4 nitrogen and oxygen atoms in total. The topological polar surface area (TPSA) is 58.9 Å². The minimum Gasteiger partial charge on any atom is -0.506 e. The highest BCUT2D eigenvalue weighted by atomic mass is 16.5. The number of phenols is 1. The molecule has 0 aromatic heterocycles. The van der Waals surface area contributed by atoms with Crippen LogP contribution in [0.3, 0.4) is 0 Å². The second kappa shape index (κ2) is 4.28. The maximum atomic E-state index is 9.95. The van der Waals surface area contributed by atoms with Crippen molar-refractivity contribution >= 4 is 11.8 Å². The fraction of sp³-hybridized carbons (Fsp3) is 0.222. The molecule has 0 radical (unpaired) electrons. The summed E-state index contributed by atoms with van der Waals surface area (Å²) in [7, 11) is 0. The molecule has 0 aliphatic heterocycles. The second-order valence-electron chi connectivity index (χ2n) is 2.29. The molecule has 0 aliphatic rings. The van der Waals surface area contributed by atoms with E-state index in [0.29, 0.717) is 12.4 Å². The maximum absolute atomic E-state index is 9.95. The summed E-state index contributed by atoms with van der Waals surface area (Å²) in [5.41, 5.74) is 0.168. The zero-order chi connectivity index (χ0) is 9.68. The molecule has 0 saturated carbocycles. The first kappa shape index (κ1) is 9.29. The lowest BCUT2D eigenvalue weighted by Gasteiger charge is -2.03. The van der Waals surface area contributed by atoms with Gasteiger partial charge in [-0.2, -0.15) is 4.99 Å². The zero-order valence-electron chi connectivity index (χ0n) is 7.15. The SMILES string of the molecule is CCOc1ccc(O)c(N=C=O)c1. The van der Waals surface area contributed by atoms with Crippen molar-refractivity contribution in [3.8, 4) is 11.5 Å². The molecule has 0 spiro atoms. The van der Waals surface area contributed by atoms with Gasteiger partial charge in [-0.3, -0.25) is 0 Å². The molecule has 1 rings (SSSR count). The summed E-state index contributed by atoms with van der Waals surface area (Å²) in [4.78, 5) is 13.3. The summed E-state index contributed by atoms with van der Waals surface area (Å²) in [6.07, 6.45) is 1.35. The predicted octanol–water partition coefficient (Wildman–Crippen LogP) is 1.76. The Morgan fingerprint density at radius 2 is 2.38 bits per heavy atom. The molecule has 0 amide bonds. The van der Waals surface area contributed by atoms with E-state index in [1.807, 2.05) is 6.92 Å². The summed E-state index contributed by atoms with van der Waals surface area (Å²) in [6, 6.07) is 4.49. The van der Waals surface area contributed by atoms with Crippen molar-refractivity contribution in [2.45, 2.75) is 6.92 Å². The monoisotopic (exact) mass is 179 g/mol. The van der Waals surface area contributed by atoms with Gasteiger partial charge in [0, 0.05) is 6.07 Å². The third-order valence-electron chi connectivity index (χ3n) is 1.42. The standard InChI is InChI=1S/C9H9NO3/c1-2-13-7-3-4-9(12)8(5-7)10-6-11/h3-5,12H,2H2,1H3. The lowest BCUT2D eigenvalue weighted by Crippen LogP contribution is -1.90. The van der Waals surface area contributed by atoms with E-state index in [2.05, 4.69) is 4.99 Å². The van der Waals surface area contributed by atoms with Gasteiger partial charge in [-0.15, -0.1) is 0 Å². The minimum atomic E-state index is -0.0631. The average molecular weight is 179 g/mol. The maximum Gasteiger partial charge on any atom is 0.240 e. The van der Waals surface area contributed by atoms with Crippen molar-refractivity contribution < 1.29 is 14.6 Å². The largest absolute Gasteiger partial charge is 0.506 e. The number of hydrogen-bond acceptors (Lipinski definition) is 4. The van der Waals surface area contributed by atoms with E-state index in [9.17, 15) is 9.90 Å². The third-order valence-corrected chi connectivity index (χ3v) is 1.42. The summed E-state index contributed by atoms with van der Waals surface area (Å²) in [5, 5.41) is 9.21. The number of carbonyl (C=O) groups excluding carboxylic acids is 1. The Labute approximate surface area is 75.5 Å². The fourth-order valence-corrected chi connectivity index (χ4v) is 0.898. The highest BCUT2D eigenvalue weighted by Crippen LogP contribution is 2.29. The van der Waals surface area contributed by atoms with Crippen LogP contribution >= 0.6 is 0 Å². The molecular weight excluding hydrogens is 170 g/mol. The van der Waals surface area contributed by atoms with Crippen LogP contribution in [-0.2, 0) is 4.79 Å². The van der Waals surface area contributed by atoms with Crippen molar-refractivity contribution in [2.24, 2.45) is 4.99 Å². The van der Waals surface area contributed by atoms with E-state index < -0.39 is 0 Å². The molecular formula is C9H9NO3. The van der Waals surface area contributed by atoms with Gasteiger partial charge in [-0.1, -0.05) is 0 Å². The van der Waals surface area contributed by atoms with Crippen LogP contribution in [0.1, 0.15) is 6.92 Å². The zero-order valence-corrected chi connectivity index (χ0v) is 7.15. The first-order valence-corrected chi connectivity index (χ1v) is 3.81. The van der Waals surface area contributed by atoms with E-state index in [-0.39, 0.29) is 11.4 Å². The number of aromatic hydroxyl groups is 1. The molecule has 1 N–H and O–H groups in total. The van der Waals surface area contributed by atoms with Gasteiger partial charge >= 0.3 is 0 Å². The van der Waals surface area contributed by atoms with Gasteiger partial charge in [0.05, 0.1) is 6.61 Å². The molecule has 1 aromatic carbocycles. The van der Waals surface area contributed by atoms with Gasteiger partial charge < -0.3 is 9.84 Å². The molecule has 4 heteroatoms. The number of phenolic OH excluding ortho intramolecular Hbond substituents is 1. The number of nitrogens with zero attached hydrogens (tertiary/aromatic N) is 1. The van der Waals surface area contributed by atoms with Gasteiger partial charge in [-0.05, 0) is 19.1 Å². The fourth-order valence-electron chi connectivity index (χ4n) is 0.898. The van der Waals surface area contributed by atoms with Gasteiger partial charge in [0.1, 0.15) is 17.2 Å². The Hall–Kier alpha value is -1.80. The van der Waals surface area contributed by atoms with E-state index in [1.54, 1.807) is 6.07 Å². The Morgan fingerprint density at radius 1 is 1.62 bits per heavy atom. The Kier molecular flexibility index (Phi) is 3.06. The molecule has 0 unspecified atom stereocenters. The van der Waals surface area contributed by atoms with Crippen LogP contribution in [0.25, 0.3) is 0 Å². The van der Waals surface area contributed by atoms with E-state index >= 15 is 0 Å². The quantitative estimate of drug-likeness (QED) is 0.568. The summed E-state index contributed by atoms with van der Waals surface area (Å²) >= 11 is 0. The summed E-state index contributed by atoms with van der Waals surface area (Å²) in [5.74, 6) is 0.501. The lowest BCUT2D eigenvalue weighted by molar-refractivity contribution is 0.339. The highest BCUT2D eigenvalue weighted by molar-refractivity contribution is 5.59. The molecule has 0 aliphatic carbocycles. The number of isocyanates is 1. The summed E-state index contributed by atoms with van der Waals surface area (Å²) < 4.78 is 5.15. The number of hydrogen-bond donors (Lipinski definition) is 1. The molecule has 0 saturated heterocycles. The van der Waals surface area contributed by atoms with Crippen molar-refractivity contribution in [1.29, 1.82) is 0 Å². The van der Waals surface area contributed by atoms with Crippen LogP contribution in [0, 0.1) is 0 Å². The normalized spacial score (nSPS) is 9.00. The molecule has 0 atom stereocenters. The average Bonchev–Trinajstić information content (AvgIpc) is 2.12. The van der Waals surface area contributed by atoms with Crippen LogP contribution in [0.4, 0.5) is 5.69 Å². The predicted molar refractivity (Wildman–Crippen MR) is 47.1 cm³/mol. The van der Waals surface area contributed by atoms with Crippen molar-refractivity contribution in [2.75, 3.05) is 6.61 Å². The number of ether oxygens (including phenoxy) is 1. The van der Waals surface area contributed by atoms with E-state index in [0.717, 1.165) is 0 Å². The van der Waals surface area contributed by atoms with Gasteiger partial charge in [0.2, 0.25) is 6.08 Å². The molecule has 0 fully saturated rings. The first-order chi connectivity index (χ1) is 6.27. The number of benzene rings is 1. The van der Waals surface area contributed by atoms with Crippen LogP contribution in [0.15, 0.2) is 23.2 Å². The van der Waals surface area contributed by atoms with Gasteiger partial charge in [0.15, 0.2) is 0 Å². The Balaban J connectivity index is 3.03. The first-order valence-electron chi connectivity index (χ1n) is 3.81. The van der Waals surface area contributed by atoms with Crippen molar-refractivity contribution in [3.63, 3.8) is 0 Å². The van der Waals surface area contributed by atoms with Crippen LogP contribution < -0.4 is 4.74 Å². The second-order valence-corrected chi connectivity index (χ2v) is 2.29.